The van der Waals surface area contributed by atoms with Crippen molar-refractivity contribution in [3.05, 3.63) is 58.9 Å². The quantitative estimate of drug-likeness (QED) is 0.763. The molecule has 1 aliphatic carbocycles. The maximum Gasteiger partial charge on any atom is 0.268 e. The van der Waals surface area contributed by atoms with Crippen LogP contribution in [0.4, 0.5) is 4.39 Å². The summed E-state index contributed by atoms with van der Waals surface area (Å²) < 4.78 is 14.9. The highest BCUT2D eigenvalue weighted by molar-refractivity contribution is 6.31. The molecule has 1 N–H and O–H groups in total. The number of fused-ring (bicyclic) bond motifs is 1. The summed E-state index contributed by atoms with van der Waals surface area (Å²) in [6.45, 7) is 1.92. The summed E-state index contributed by atoms with van der Waals surface area (Å²) in [5.74, 6) is -0.220. The van der Waals surface area contributed by atoms with Gasteiger partial charge in [0, 0.05) is 28.3 Å². The van der Waals surface area contributed by atoms with Gasteiger partial charge < -0.3 is 5.32 Å². The number of nitrogens with one attached hydrogen (secondary N) is 1. The molecule has 0 atom stereocenters. The number of halogens is 2. The fourth-order valence-corrected chi connectivity index (χ4v) is 3.27. The Hall–Kier alpha value is -2.40. The topological polar surface area (TPSA) is 46.9 Å². The smallest absolute Gasteiger partial charge is 0.268 e. The highest BCUT2D eigenvalue weighted by Crippen LogP contribution is 2.27. The molecule has 128 valence electrons. The van der Waals surface area contributed by atoms with E-state index in [9.17, 15) is 9.18 Å². The normalized spacial score (nSPS) is 19.6. The van der Waals surface area contributed by atoms with Crippen LogP contribution >= 0.6 is 11.6 Å². The Morgan fingerprint density at radius 3 is 2.84 bits per heavy atom. The summed E-state index contributed by atoms with van der Waals surface area (Å²) in [7, 11) is 0. The van der Waals surface area contributed by atoms with Crippen molar-refractivity contribution in [1.29, 1.82) is 0 Å². The number of amides is 1. The molecule has 0 unspecified atom stereocenters. The summed E-state index contributed by atoms with van der Waals surface area (Å²) in [5, 5.41) is 4.45. The van der Waals surface area contributed by atoms with Gasteiger partial charge in [-0.05, 0) is 61.7 Å². The van der Waals surface area contributed by atoms with Gasteiger partial charge in [-0.1, -0.05) is 11.6 Å². The van der Waals surface area contributed by atoms with Crippen molar-refractivity contribution in [2.45, 2.75) is 32.0 Å². The Morgan fingerprint density at radius 1 is 1.32 bits per heavy atom. The highest BCUT2D eigenvalue weighted by Gasteiger charge is 2.31. The van der Waals surface area contributed by atoms with Crippen molar-refractivity contribution < 1.29 is 9.18 Å². The molecule has 25 heavy (non-hydrogen) atoms. The van der Waals surface area contributed by atoms with Crippen molar-refractivity contribution >= 4 is 28.5 Å². The molecule has 6 heteroatoms. The van der Waals surface area contributed by atoms with Crippen LogP contribution in [0.15, 0.2) is 42.6 Å². The second-order valence-corrected chi connectivity index (χ2v) is 6.86. The third kappa shape index (κ3) is 2.89. The standard InChI is InChI=1S/C19H17ClFN3O/c1-11-7-15(4-5-16(11)20)24-17(8-12-3-2-6-22-18(12)24)19(25)23-14-9-13(21)10-14/h2-8,13-14H,9-10H2,1H3,(H,23,25). The molecule has 4 nitrogen and oxygen atoms in total. The number of carbonyl (C=O) groups excluding carboxylic acids is 1. The van der Waals surface area contributed by atoms with Crippen molar-refractivity contribution in [3.63, 3.8) is 0 Å². The fourth-order valence-electron chi connectivity index (χ4n) is 3.16. The lowest BCUT2D eigenvalue weighted by molar-refractivity contribution is 0.0854. The number of nitrogens with zero attached hydrogens (tertiary/aromatic N) is 2. The van der Waals surface area contributed by atoms with Gasteiger partial charge in [0.05, 0.1) is 0 Å². The molecule has 3 aromatic rings. The fraction of sp³-hybridized carbons (Fsp3) is 0.263. The van der Waals surface area contributed by atoms with Crippen LogP contribution in [0.2, 0.25) is 5.02 Å². The first kappa shape index (κ1) is 16.1. The molecule has 0 saturated heterocycles. The minimum Gasteiger partial charge on any atom is -0.348 e. The number of aromatic nitrogens is 2. The summed E-state index contributed by atoms with van der Waals surface area (Å²) >= 11 is 6.13. The summed E-state index contributed by atoms with van der Waals surface area (Å²) in [5.41, 5.74) is 2.92. The molecule has 1 aliphatic rings. The largest absolute Gasteiger partial charge is 0.348 e. The van der Waals surface area contributed by atoms with Crippen molar-refractivity contribution in [1.82, 2.24) is 14.9 Å². The summed E-state index contributed by atoms with van der Waals surface area (Å²) in [6, 6.07) is 11.1. The van der Waals surface area contributed by atoms with Gasteiger partial charge in [-0.25, -0.2) is 9.37 Å². The number of carbonyl (C=O) groups is 1. The number of hydrogen-bond donors (Lipinski definition) is 1. The maximum absolute atomic E-state index is 13.0. The third-order valence-corrected chi connectivity index (χ3v) is 5.03. The van der Waals surface area contributed by atoms with Gasteiger partial charge in [0.25, 0.3) is 5.91 Å². The predicted octanol–water partition coefficient (Wildman–Crippen LogP) is 4.22. The first-order valence-corrected chi connectivity index (χ1v) is 8.58. The molecule has 2 heterocycles. The van der Waals surface area contributed by atoms with Crippen LogP contribution in [0.25, 0.3) is 16.7 Å². The highest BCUT2D eigenvalue weighted by atomic mass is 35.5. The average molecular weight is 358 g/mol. The zero-order valence-corrected chi connectivity index (χ0v) is 14.4. The van der Waals surface area contributed by atoms with Crippen LogP contribution < -0.4 is 5.32 Å². The number of rotatable bonds is 3. The molecule has 2 aromatic heterocycles. The minimum absolute atomic E-state index is 0.103. The van der Waals surface area contributed by atoms with Crippen LogP contribution in [0.1, 0.15) is 28.9 Å². The first-order chi connectivity index (χ1) is 12.0. The third-order valence-electron chi connectivity index (χ3n) is 4.61. The number of alkyl halides is 1. The minimum atomic E-state index is -0.809. The van der Waals surface area contributed by atoms with Crippen LogP contribution in [0.5, 0.6) is 0 Å². The first-order valence-electron chi connectivity index (χ1n) is 8.21. The van der Waals surface area contributed by atoms with Crippen LogP contribution in [0.3, 0.4) is 0 Å². The number of benzene rings is 1. The van der Waals surface area contributed by atoms with Crippen LogP contribution in [0, 0.1) is 6.92 Å². The van der Waals surface area contributed by atoms with Gasteiger partial charge in [-0.15, -0.1) is 0 Å². The van der Waals surface area contributed by atoms with E-state index in [2.05, 4.69) is 10.3 Å². The van der Waals surface area contributed by atoms with Crippen molar-refractivity contribution in [2.75, 3.05) is 0 Å². The molecule has 0 radical (unpaired) electrons. The Labute approximate surface area is 149 Å². The molecule has 0 bridgehead atoms. The van der Waals surface area contributed by atoms with E-state index in [1.165, 1.54) is 0 Å². The van der Waals surface area contributed by atoms with Gasteiger partial charge in [0.2, 0.25) is 0 Å². The van der Waals surface area contributed by atoms with Gasteiger partial charge in [-0.2, -0.15) is 0 Å². The van der Waals surface area contributed by atoms with E-state index in [4.69, 9.17) is 11.6 Å². The number of aryl methyl sites for hydroxylation is 1. The lowest BCUT2D eigenvalue weighted by atomic mass is 9.91. The molecule has 0 spiro atoms. The van der Waals surface area contributed by atoms with Gasteiger partial charge >= 0.3 is 0 Å². The predicted molar refractivity (Wildman–Crippen MR) is 96.2 cm³/mol. The lowest BCUT2D eigenvalue weighted by Gasteiger charge is -2.30. The Morgan fingerprint density at radius 2 is 2.12 bits per heavy atom. The van der Waals surface area contributed by atoms with Gasteiger partial charge in [0.15, 0.2) is 0 Å². The lowest BCUT2D eigenvalue weighted by Crippen LogP contribution is -2.45. The van der Waals surface area contributed by atoms with Crippen LogP contribution in [-0.4, -0.2) is 27.7 Å². The Kier molecular flexibility index (Phi) is 3.96. The van der Waals surface area contributed by atoms with Gasteiger partial charge in [-0.3, -0.25) is 9.36 Å². The average Bonchev–Trinajstić information content (AvgIpc) is 2.95. The van der Waals surface area contributed by atoms with E-state index in [1.807, 2.05) is 47.9 Å². The van der Waals surface area contributed by atoms with E-state index in [1.54, 1.807) is 6.20 Å². The second-order valence-electron chi connectivity index (χ2n) is 6.45. The second kappa shape index (κ2) is 6.15. The molecular formula is C19H17ClFN3O. The molecule has 0 aliphatic heterocycles. The molecule has 1 aromatic carbocycles. The number of hydrogen-bond acceptors (Lipinski definition) is 2. The van der Waals surface area contributed by atoms with Crippen LogP contribution in [-0.2, 0) is 0 Å². The monoisotopic (exact) mass is 357 g/mol. The van der Waals surface area contributed by atoms with E-state index < -0.39 is 6.17 Å². The van der Waals surface area contributed by atoms with E-state index in [0.717, 1.165) is 16.6 Å². The molecular weight excluding hydrogens is 341 g/mol. The molecule has 1 fully saturated rings. The molecule has 1 amide bonds. The van der Waals surface area contributed by atoms with E-state index in [0.29, 0.717) is 29.2 Å². The SMILES string of the molecule is Cc1cc(-n2c(C(=O)NC3CC(F)C3)cc3cccnc32)ccc1Cl. The van der Waals surface area contributed by atoms with Gasteiger partial charge in [0.1, 0.15) is 17.5 Å². The Balaban J connectivity index is 1.80. The summed E-state index contributed by atoms with van der Waals surface area (Å²) in [6.07, 6.45) is 1.65. The maximum atomic E-state index is 13.0. The molecule has 1 saturated carbocycles. The van der Waals surface area contributed by atoms with Crippen molar-refractivity contribution in [2.24, 2.45) is 0 Å². The van der Waals surface area contributed by atoms with Crippen molar-refractivity contribution in [3.8, 4) is 5.69 Å². The Bertz CT molecular complexity index is 962. The number of pyridine rings is 1. The van der Waals surface area contributed by atoms with E-state index >= 15 is 0 Å². The summed E-state index contributed by atoms with van der Waals surface area (Å²) in [4.78, 5) is 17.2. The zero-order valence-electron chi connectivity index (χ0n) is 13.7. The van der Waals surface area contributed by atoms with E-state index in [-0.39, 0.29) is 11.9 Å². The zero-order chi connectivity index (χ0) is 17.6. The molecule has 4 rings (SSSR count).